The highest BCUT2D eigenvalue weighted by atomic mass is 16.5. The van der Waals surface area contributed by atoms with E-state index in [2.05, 4.69) is 26.7 Å². The molecule has 3 aromatic heterocycles. The molecule has 0 radical (unpaired) electrons. The first-order valence-electron chi connectivity index (χ1n) is 9.74. The van der Waals surface area contributed by atoms with E-state index >= 15 is 0 Å². The predicted molar refractivity (Wildman–Crippen MR) is 113 cm³/mol. The Balaban J connectivity index is 1.39. The third kappa shape index (κ3) is 4.38. The Morgan fingerprint density at radius 3 is 2.84 bits per heavy atom. The number of aromatic nitrogens is 5. The molecule has 1 aromatic carbocycles. The predicted octanol–water partition coefficient (Wildman–Crippen LogP) is 2.94. The van der Waals surface area contributed by atoms with Gasteiger partial charge in [0.05, 0.1) is 35.6 Å². The topological polar surface area (TPSA) is 115 Å². The molecule has 4 rings (SSSR count). The molecule has 0 spiro atoms. The largest absolute Gasteiger partial charge is 0.355 e. The molecule has 9 nitrogen and oxygen atoms in total. The Labute approximate surface area is 178 Å². The maximum atomic E-state index is 12.5. The van der Waals surface area contributed by atoms with Crippen molar-refractivity contribution >= 4 is 5.91 Å². The Morgan fingerprint density at radius 1 is 1.29 bits per heavy atom. The van der Waals surface area contributed by atoms with Crippen LogP contribution in [-0.2, 0) is 13.6 Å². The first kappa shape index (κ1) is 20.1. The third-order valence-electron chi connectivity index (χ3n) is 4.85. The molecule has 1 amide bonds. The number of carbonyl (C=O) groups excluding carboxylic acids is 1. The second-order valence-corrected chi connectivity index (χ2v) is 7.42. The molecule has 1 atom stereocenters. The molecule has 0 aliphatic heterocycles. The second kappa shape index (κ2) is 8.28. The Bertz CT molecular complexity index is 1280. The van der Waals surface area contributed by atoms with Crippen molar-refractivity contribution < 1.29 is 9.32 Å². The Morgan fingerprint density at radius 2 is 2.13 bits per heavy atom. The molecule has 0 saturated carbocycles. The molecule has 0 fully saturated rings. The Hall–Kier alpha value is -4.19. The summed E-state index contributed by atoms with van der Waals surface area (Å²) in [6.45, 7) is 4.29. The van der Waals surface area contributed by atoms with Crippen LogP contribution in [0.5, 0.6) is 0 Å². The van der Waals surface area contributed by atoms with Crippen LogP contribution >= 0.6 is 0 Å². The van der Waals surface area contributed by atoms with Gasteiger partial charge in [-0.15, -0.1) is 0 Å². The minimum absolute atomic E-state index is 0.179. The van der Waals surface area contributed by atoms with Gasteiger partial charge in [-0.25, -0.2) is 0 Å². The second-order valence-electron chi connectivity index (χ2n) is 7.42. The van der Waals surface area contributed by atoms with Gasteiger partial charge in [-0.1, -0.05) is 11.2 Å². The summed E-state index contributed by atoms with van der Waals surface area (Å²) >= 11 is 0. The van der Waals surface area contributed by atoms with Crippen molar-refractivity contribution in [3.63, 3.8) is 0 Å². The lowest BCUT2D eigenvalue weighted by molar-refractivity contribution is 0.0927. The highest BCUT2D eigenvalue weighted by molar-refractivity contribution is 5.93. The van der Waals surface area contributed by atoms with Gasteiger partial charge < -0.3 is 9.84 Å². The van der Waals surface area contributed by atoms with Gasteiger partial charge in [0.15, 0.2) is 11.5 Å². The zero-order valence-corrected chi connectivity index (χ0v) is 17.4. The highest BCUT2D eigenvalue weighted by Gasteiger charge is 2.17. The van der Waals surface area contributed by atoms with Crippen molar-refractivity contribution in [2.45, 2.75) is 26.4 Å². The van der Waals surface area contributed by atoms with Gasteiger partial charge in [-0.3, -0.25) is 14.2 Å². The van der Waals surface area contributed by atoms with Crippen molar-refractivity contribution in [2.75, 3.05) is 0 Å². The van der Waals surface area contributed by atoms with Crippen LogP contribution in [0.2, 0.25) is 0 Å². The maximum absolute atomic E-state index is 12.5. The normalized spacial score (nSPS) is 11.8. The number of hydrogen-bond donors (Lipinski definition) is 1. The fourth-order valence-corrected chi connectivity index (χ4v) is 3.26. The number of amides is 1. The smallest absolute Gasteiger partial charge is 0.273 e. The molecule has 0 aliphatic carbocycles. The molecule has 1 N–H and O–H groups in total. The van der Waals surface area contributed by atoms with E-state index in [1.165, 1.54) is 0 Å². The van der Waals surface area contributed by atoms with Gasteiger partial charge in [0.2, 0.25) is 0 Å². The lowest BCUT2D eigenvalue weighted by Crippen LogP contribution is -2.36. The molecular weight excluding hydrogens is 394 g/mol. The number of nitriles is 1. The van der Waals surface area contributed by atoms with E-state index in [-0.39, 0.29) is 17.6 Å². The standard InChI is InChI=1S/C22H21N7O2/c1-14-8-16(4-5-17(14)10-23)19-6-7-29(26-19)12-15(2)25-22(30)20-9-21(31-27-20)18-11-24-28(3)13-18/h4-9,11,13,15H,12H2,1-3H3,(H,25,30). The first-order chi connectivity index (χ1) is 14.9. The van der Waals surface area contributed by atoms with Crippen LogP contribution in [0.4, 0.5) is 0 Å². The maximum Gasteiger partial charge on any atom is 0.273 e. The number of nitrogens with one attached hydrogen (secondary N) is 1. The molecule has 0 aliphatic rings. The van der Waals surface area contributed by atoms with E-state index in [0.29, 0.717) is 17.9 Å². The van der Waals surface area contributed by atoms with E-state index in [1.54, 1.807) is 40.9 Å². The summed E-state index contributed by atoms with van der Waals surface area (Å²) in [7, 11) is 1.80. The minimum Gasteiger partial charge on any atom is -0.355 e. The number of hydrogen-bond acceptors (Lipinski definition) is 6. The van der Waals surface area contributed by atoms with Crippen LogP contribution < -0.4 is 5.32 Å². The third-order valence-corrected chi connectivity index (χ3v) is 4.85. The van der Waals surface area contributed by atoms with Gasteiger partial charge in [0.1, 0.15) is 0 Å². The SMILES string of the molecule is Cc1cc(-c2ccn(CC(C)NC(=O)c3cc(-c4cnn(C)c4)on3)n2)ccc1C#N. The number of nitrogens with zero attached hydrogens (tertiary/aromatic N) is 6. The van der Waals surface area contributed by atoms with Crippen LogP contribution in [0, 0.1) is 18.3 Å². The summed E-state index contributed by atoms with van der Waals surface area (Å²) in [6, 6.07) is 11.1. The van der Waals surface area contributed by atoms with Crippen molar-refractivity contribution in [1.82, 2.24) is 30.0 Å². The summed E-state index contributed by atoms with van der Waals surface area (Å²) < 4.78 is 8.69. The zero-order valence-electron chi connectivity index (χ0n) is 17.4. The molecule has 156 valence electrons. The van der Waals surface area contributed by atoms with Gasteiger partial charge in [-0.2, -0.15) is 15.5 Å². The van der Waals surface area contributed by atoms with Crippen molar-refractivity contribution in [3.8, 4) is 28.7 Å². The van der Waals surface area contributed by atoms with Gasteiger partial charge in [-0.05, 0) is 37.6 Å². The van der Waals surface area contributed by atoms with E-state index in [4.69, 9.17) is 9.78 Å². The van der Waals surface area contributed by atoms with Crippen molar-refractivity contribution in [3.05, 3.63) is 65.7 Å². The molecular formula is C22H21N7O2. The van der Waals surface area contributed by atoms with Gasteiger partial charge in [0.25, 0.3) is 5.91 Å². The fourth-order valence-electron chi connectivity index (χ4n) is 3.26. The average molecular weight is 415 g/mol. The molecule has 9 heteroatoms. The Kier molecular flexibility index (Phi) is 5.37. The number of carbonyl (C=O) groups is 1. The molecule has 4 aromatic rings. The van der Waals surface area contributed by atoms with Gasteiger partial charge >= 0.3 is 0 Å². The lowest BCUT2D eigenvalue weighted by Gasteiger charge is -2.12. The summed E-state index contributed by atoms with van der Waals surface area (Å²) in [5, 5.41) is 24.5. The summed E-state index contributed by atoms with van der Waals surface area (Å²) in [4.78, 5) is 12.5. The van der Waals surface area contributed by atoms with Crippen LogP contribution in [0.15, 0.2) is 53.4 Å². The minimum atomic E-state index is -0.318. The van der Waals surface area contributed by atoms with E-state index < -0.39 is 0 Å². The molecule has 1 unspecified atom stereocenters. The number of benzene rings is 1. The zero-order chi connectivity index (χ0) is 22.0. The molecule has 31 heavy (non-hydrogen) atoms. The molecule has 0 bridgehead atoms. The first-order valence-corrected chi connectivity index (χ1v) is 9.74. The molecule has 3 heterocycles. The average Bonchev–Trinajstić information content (AvgIpc) is 3.48. The summed E-state index contributed by atoms with van der Waals surface area (Å²) in [5.74, 6) is 0.168. The van der Waals surface area contributed by atoms with Crippen molar-refractivity contribution in [2.24, 2.45) is 7.05 Å². The summed E-state index contributed by atoms with van der Waals surface area (Å²) in [6.07, 6.45) is 5.30. The highest BCUT2D eigenvalue weighted by Crippen LogP contribution is 2.21. The van der Waals surface area contributed by atoms with E-state index in [0.717, 1.165) is 22.4 Å². The van der Waals surface area contributed by atoms with Crippen LogP contribution in [0.3, 0.4) is 0 Å². The van der Waals surface area contributed by atoms with E-state index in [1.807, 2.05) is 38.2 Å². The van der Waals surface area contributed by atoms with Gasteiger partial charge in [0, 0.05) is 37.1 Å². The van der Waals surface area contributed by atoms with Crippen molar-refractivity contribution in [1.29, 1.82) is 5.26 Å². The summed E-state index contributed by atoms with van der Waals surface area (Å²) in [5.41, 5.74) is 4.28. The molecule has 0 saturated heterocycles. The number of rotatable bonds is 6. The number of aryl methyl sites for hydroxylation is 2. The monoisotopic (exact) mass is 415 g/mol. The van der Waals surface area contributed by atoms with Crippen LogP contribution in [0.1, 0.15) is 28.5 Å². The van der Waals surface area contributed by atoms with Crippen LogP contribution in [-0.4, -0.2) is 36.7 Å². The lowest BCUT2D eigenvalue weighted by atomic mass is 10.0. The van der Waals surface area contributed by atoms with E-state index in [9.17, 15) is 4.79 Å². The quantitative estimate of drug-likeness (QED) is 0.518. The fraction of sp³-hybridized carbons (Fsp3) is 0.227. The van der Waals surface area contributed by atoms with Crippen LogP contribution in [0.25, 0.3) is 22.6 Å².